The van der Waals surface area contributed by atoms with Crippen LogP contribution in [0.25, 0.3) is 0 Å². The Kier molecular flexibility index (Phi) is 3.25. The summed E-state index contributed by atoms with van der Waals surface area (Å²) >= 11 is 1.85. The zero-order chi connectivity index (χ0) is 11.5. The standard InChI is InChI=1S/C13H16N2S/c1-9-7-12(11(3)16-9)8-15-13-5-4-6-14-10(13)2/h4-7,15H,8H2,1-3H3. The second kappa shape index (κ2) is 4.66. The summed E-state index contributed by atoms with van der Waals surface area (Å²) in [6.45, 7) is 7.22. The van der Waals surface area contributed by atoms with Crippen molar-refractivity contribution < 1.29 is 0 Å². The molecule has 3 heteroatoms. The normalized spacial score (nSPS) is 10.4. The predicted octanol–water partition coefficient (Wildman–Crippen LogP) is 3.68. The Morgan fingerprint density at radius 3 is 2.75 bits per heavy atom. The Hall–Kier alpha value is -1.35. The summed E-state index contributed by atoms with van der Waals surface area (Å²) in [5.41, 5.74) is 3.55. The van der Waals surface area contributed by atoms with E-state index in [1.165, 1.54) is 15.3 Å². The van der Waals surface area contributed by atoms with Gasteiger partial charge in [0.25, 0.3) is 0 Å². The van der Waals surface area contributed by atoms with Crippen LogP contribution in [-0.2, 0) is 6.54 Å². The zero-order valence-corrected chi connectivity index (χ0v) is 10.7. The first-order valence-corrected chi connectivity index (χ1v) is 6.20. The molecule has 0 amide bonds. The molecule has 2 heterocycles. The molecule has 16 heavy (non-hydrogen) atoms. The van der Waals surface area contributed by atoms with Gasteiger partial charge in [-0.25, -0.2) is 0 Å². The third kappa shape index (κ3) is 2.42. The summed E-state index contributed by atoms with van der Waals surface area (Å²) in [6, 6.07) is 6.27. The van der Waals surface area contributed by atoms with Crippen LogP contribution in [0.1, 0.15) is 21.0 Å². The zero-order valence-electron chi connectivity index (χ0n) is 9.87. The molecule has 0 atom stereocenters. The van der Waals surface area contributed by atoms with Crippen LogP contribution in [0.3, 0.4) is 0 Å². The topological polar surface area (TPSA) is 24.9 Å². The van der Waals surface area contributed by atoms with Crippen molar-refractivity contribution in [2.45, 2.75) is 27.3 Å². The van der Waals surface area contributed by atoms with Gasteiger partial charge < -0.3 is 5.32 Å². The van der Waals surface area contributed by atoms with Gasteiger partial charge in [0.1, 0.15) is 0 Å². The minimum absolute atomic E-state index is 0.878. The van der Waals surface area contributed by atoms with Crippen molar-refractivity contribution in [2.75, 3.05) is 5.32 Å². The van der Waals surface area contributed by atoms with Crippen LogP contribution >= 0.6 is 11.3 Å². The van der Waals surface area contributed by atoms with E-state index in [0.29, 0.717) is 0 Å². The molecule has 0 saturated heterocycles. The molecule has 84 valence electrons. The lowest BCUT2D eigenvalue weighted by Gasteiger charge is -2.07. The summed E-state index contributed by atoms with van der Waals surface area (Å²) in [4.78, 5) is 7.03. The van der Waals surface area contributed by atoms with Gasteiger partial charge in [-0.1, -0.05) is 0 Å². The molecule has 2 rings (SSSR count). The molecular formula is C13H16N2S. The first kappa shape index (κ1) is 11.1. The molecule has 2 aromatic rings. The molecule has 0 aliphatic carbocycles. The van der Waals surface area contributed by atoms with Crippen LogP contribution in [0, 0.1) is 20.8 Å². The van der Waals surface area contributed by atoms with E-state index in [4.69, 9.17) is 0 Å². The maximum absolute atomic E-state index is 4.26. The third-order valence-corrected chi connectivity index (χ3v) is 3.63. The van der Waals surface area contributed by atoms with Gasteiger partial charge in [-0.05, 0) is 44.5 Å². The van der Waals surface area contributed by atoms with Crippen molar-refractivity contribution in [3.8, 4) is 0 Å². The van der Waals surface area contributed by atoms with Crippen molar-refractivity contribution in [1.82, 2.24) is 4.98 Å². The average molecular weight is 232 g/mol. The van der Waals surface area contributed by atoms with E-state index in [-0.39, 0.29) is 0 Å². The molecule has 1 N–H and O–H groups in total. The van der Waals surface area contributed by atoms with Crippen LogP contribution < -0.4 is 5.32 Å². The van der Waals surface area contributed by atoms with Crippen molar-refractivity contribution >= 4 is 17.0 Å². The van der Waals surface area contributed by atoms with E-state index in [1.54, 1.807) is 0 Å². The van der Waals surface area contributed by atoms with Crippen LogP contribution in [0.5, 0.6) is 0 Å². The van der Waals surface area contributed by atoms with E-state index in [9.17, 15) is 0 Å². The largest absolute Gasteiger partial charge is 0.379 e. The minimum Gasteiger partial charge on any atom is -0.379 e. The number of hydrogen-bond acceptors (Lipinski definition) is 3. The van der Waals surface area contributed by atoms with Gasteiger partial charge in [0, 0.05) is 22.5 Å². The summed E-state index contributed by atoms with van der Waals surface area (Å²) in [5.74, 6) is 0. The first-order valence-electron chi connectivity index (χ1n) is 5.38. The Balaban J connectivity index is 2.08. The summed E-state index contributed by atoms with van der Waals surface area (Å²) in [5, 5.41) is 3.43. The smallest absolute Gasteiger partial charge is 0.0603 e. The molecule has 0 aliphatic heterocycles. The number of aromatic nitrogens is 1. The van der Waals surface area contributed by atoms with Crippen LogP contribution in [0.4, 0.5) is 5.69 Å². The number of anilines is 1. The molecule has 0 spiro atoms. The molecule has 0 fully saturated rings. The van der Waals surface area contributed by atoms with E-state index in [2.05, 4.69) is 36.3 Å². The molecule has 0 radical (unpaired) electrons. The van der Waals surface area contributed by atoms with Gasteiger partial charge in [0.2, 0.25) is 0 Å². The van der Waals surface area contributed by atoms with Crippen LogP contribution in [0.2, 0.25) is 0 Å². The fraction of sp³-hybridized carbons (Fsp3) is 0.308. The number of hydrogen-bond donors (Lipinski definition) is 1. The third-order valence-electron chi connectivity index (χ3n) is 2.62. The highest BCUT2D eigenvalue weighted by Crippen LogP contribution is 2.22. The fourth-order valence-electron chi connectivity index (χ4n) is 1.72. The highest BCUT2D eigenvalue weighted by molar-refractivity contribution is 7.12. The lowest BCUT2D eigenvalue weighted by Crippen LogP contribution is -2.01. The highest BCUT2D eigenvalue weighted by Gasteiger charge is 2.03. The van der Waals surface area contributed by atoms with Crippen molar-refractivity contribution in [3.05, 3.63) is 45.4 Å². The van der Waals surface area contributed by atoms with E-state index >= 15 is 0 Å². The van der Waals surface area contributed by atoms with E-state index in [1.807, 2.05) is 30.5 Å². The van der Waals surface area contributed by atoms with Crippen molar-refractivity contribution in [3.63, 3.8) is 0 Å². The molecule has 0 unspecified atom stereocenters. The molecular weight excluding hydrogens is 216 g/mol. The Bertz CT molecular complexity index is 488. The number of nitrogens with one attached hydrogen (secondary N) is 1. The van der Waals surface area contributed by atoms with E-state index in [0.717, 1.165) is 17.9 Å². The van der Waals surface area contributed by atoms with Gasteiger partial charge in [-0.3, -0.25) is 4.98 Å². The average Bonchev–Trinajstić information content (AvgIpc) is 2.56. The molecule has 0 bridgehead atoms. The van der Waals surface area contributed by atoms with Gasteiger partial charge in [0.05, 0.1) is 11.4 Å². The molecule has 0 aliphatic rings. The Labute approximate surface area is 100 Å². The van der Waals surface area contributed by atoms with Gasteiger partial charge >= 0.3 is 0 Å². The highest BCUT2D eigenvalue weighted by atomic mass is 32.1. The van der Waals surface area contributed by atoms with Crippen molar-refractivity contribution in [1.29, 1.82) is 0 Å². The number of pyridine rings is 1. The maximum atomic E-state index is 4.26. The summed E-state index contributed by atoms with van der Waals surface area (Å²) in [7, 11) is 0. The van der Waals surface area contributed by atoms with Crippen LogP contribution in [0.15, 0.2) is 24.4 Å². The van der Waals surface area contributed by atoms with Crippen LogP contribution in [-0.4, -0.2) is 4.98 Å². The Morgan fingerprint density at radius 2 is 2.12 bits per heavy atom. The summed E-state index contributed by atoms with van der Waals surface area (Å²) in [6.07, 6.45) is 1.82. The van der Waals surface area contributed by atoms with Gasteiger partial charge in [0.15, 0.2) is 0 Å². The lowest BCUT2D eigenvalue weighted by atomic mass is 10.2. The molecule has 2 nitrogen and oxygen atoms in total. The SMILES string of the molecule is Cc1cc(CNc2cccnc2C)c(C)s1. The first-order chi connectivity index (χ1) is 7.66. The minimum atomic E-state index is 0.878. The summed E-state index contributed by atoms with van der Waals surface area (Å²) < 4.78 is 0. The maximum Gasteiger partial charge on any atom is 0.0603 e. The predicted molar refractivity (Wildman–Crippen MR) is 70.1 cm³/mol. The number of rotatable bonds is 3. The quantitative estimate of drug-likeness (QED) is 0.873. The van der Waals surface area contributed by atoms with Gasteiger partial charge in [-0.15, -0.1) is 11.3 Å². The molecule has 0 aromatic carbocycles. The molecule has 0 saturated carbocycles. The monoisotopic (exact) mass is 232 g/mol. The number of thiophene rings is 1. The second-order valence-corrected chi connectivity index (χ2v) is 5.39. The van der Waals surface area contributed by atoms with E-state index < -0.39 is 0 Å². The number of aryl methyl sites for hydroxylation is 3. The van der Waals surface area contributed by atoms with Crippen molar-refractivity contribution in [2.24, 2.45) is 0 Å². The Morgan fingerprint density at radius 1 is 1.31 bits per heavy atom. The fourth-order valence-corrected chi connectivity index (χ4v) is 2.67. The molecule has 2 aromatic heterocycles. The van der Waals surface area contributed by atoms with Gasteiger partial charge in [-0.2, -0.15) is 0 Å². The number of nitrogens with zero attached hydrogens (tertiary/aromatic N) is 1. The second-order valence-electron chi connectivity index (χ2n) is 3.93. The lowest BCUT2D eigenvalue weighted by molar-refractivity contribution is 1.10.